The average Bonchev–Trinajstić information content (AvgIpc) is 2.92. The summed E-state index contributed by atoms with van der Waals surface area (Å²) in [5.41, 5.74) is 0. The van der Waals surface area contributed by atoms with Gasteiger partial charge in [-0.3, -0.25) is 0 Å². The molecule has 0 aromatic carbocycles. The molecule has 1 saturated heterocycles. The Bertz CT molecular complexity index is 440. The predicted molar refractivity (Wildman–Crippen MR) is 86.1 cm³/mol. The molecule has 1 unspecified atom stereocenters. The van der Waals surface area contributed by atoms with Gasteiger partial charge in [-0.15, -0.1) is 0 Å². The Morgan fingerprint density at radius 1 is 1.24 bits per heavy atom. The number of ether oxygens (including phenoxy) is 1. The van der Waals surface area contributed by atoms with Crippen molar-refractivity contribution < 1.29 is 4.74 Å². The van der Waals surface area contributed by atoms with E-state index in [1.165, 1.54) is 13.0 Å². The first-order valence-electron chi connectivity index (χ1n) is 7.52. The Kier molecular flexibility index (Phi) is 5.76. The van der Waals surface area contributed by atoms with Crippen molar-refractivity contribution in [2.45, 2.75) is 6.42 Å². The molecule has 1 fully saturated rings. The largest absolute Gasteiger partial charge is 0.383 e. The summed E-state index contributed by atoms with van der Waals surface area (Å²) in [6.07, 6.45) is 4.75. The molecule has 1 aliphatic rings. The van der Waals surface area contributed by atoms with Crippen molar-refractivity contribution in [2.75, 3.05) is 70.8 Å². The normalized spacial score (nSPS) is 19.0. The van der Waals surface area contributed by atoms with Crippen LogP contribution in [0.1, 0.15) is 6.42 Å². The molecule has 2 heterocycles. The second-order valence-electron chi connectivity index (χ2n) is 5.93. The number of hydrogen-bond acceptors (Lipinski definition) is 6. The fraction of sp³-hybridized carbons (Fsp3) is 0.733. The molecular weight excluding hydrogens is 266 g/mol. The highest BCUT2D eigenvalue weighted by molar-refractivity contribution is 5.60. The zero-order valence-corrected chi connectivity index (χ0v) is 13.6. The fourth-order valence-electron chi connectivity index (χ4n) is 2.87. The molecule has 1 atom stereocenters. The number of aromatic nitrogens is 2. The van der Waals surface area contributed by atoms with Crippen LogP contribution < -0.4 is 9.80 Å². The van der Waals surface area contributed by atoms with E-state index in [9.17, 15) is 0 Å². The molecule has 6 heteroatoms. The van der Waals surface area contributed by atoms with Crippen LogP contribution in [0.25, 0.3) is 0 Å². The van der Waals surface area contributed by atoms with Gasteiger partial charge in [-0.25, -0.2) is 9.97 Å². The first-order valence-corrected chi connectivity index (χ1v) is 7.52. The van der Waals surface area contributed by atoms with E-state index in [0.717, 1.165) is 37.9 Å². The molecule has 0 saturated carbocycles. The summed E-state index contributed by atoms with van der Waals surface area (Å²) in [5.74, 6) is 2.57. The van der Waals surface area contributed by atoms with Gasteiger partial charge in [0.1, 0.15) is 0 Å². The lowest BCUT2D eigenvalue weighted by Gasteiger charge is -2.25. The third kappa shape index (κ3) is 4.28. The van der Waals surface area contributed by atoms with Gasteiger partial charge in [-0.2, -0.15) is 0 Å². The monoisotopic (exact) mass is 293 g/mol. The van der Waals surface area contributed by atoms with Crippen molar-refractivity contribution >= 4 is 11.6 Å². The molecule has 0 amide bonds. The first-order chi connectivity index (χ1) is 10.1. The quantitative estimate of drug-likeness (QED) is 0.746. The third-order valence-corrected chi connectivity index (χ3v) is 3.96. The Labute approximate surface area is 127 Å². The summed E-state index contributed by atoms with van der Waals surface area (Å²) >= 11 is 0. The summed E-state index contributed by atoms with van der Waals surface area (Å²) < 4.78 is 5.16. The third-order valence-electron chi connectivity index (χ3n) is 3.96. The van der Waals surface area contributed by atoms with Crippen molar-refractivity contribution in [2.24, 2.45) is 5.92 Å². The second kappa shape index (κ2) is 7.56. The summed E-state index contributed by atoms with van der Waals surface area (Å²) in [6, 6.07) is 0. The van der Waals surface area contributed by atoms with Crippen molar-refractivity contribution in [3.8, 4) is 0 Å². The minimum Gasteiger partial charge on any atom is -0.383 e. The molecule has 1 aromatic heterocycles. The van der Waals surface area contributed by atoms with Gasteiger partial charge in [-0.05, 0) is 18.9 Å². The molecule has 118 valence electrons. The molecule has 0 aliphatic carbocycles. The van der Waals surface area contributed by atoms with Crippen molar-refractivity contribution in [1.29, 1.82) is 0 Å². The van der Waals surface area contributed by atoms with Gasteiger partial charge in [-0.1, -0.05) is 0 Å². The minimum atomic E-state index is 0.684. The summed E-state index contributed by atoms with van der Waals surface area (Å²) in [5, 5.41) is 0. The Hall–Kier alpha value is -1.40. The van der Waals surface area contributed by atoms with Crippen molar-refractivity contribution in [1.82, 2.24) is 14.9 Å². The molecule has 0 spiro atoms. The van der Waals surface area contributed by atoms with Gasteiger partial charge < -0.3 is 19.4 Å². The molecular formula is C15H27N5O. The Morgan fingerprint density at radius 2 is 1.95 bits per heavy atom. The number of anilines is 2. The van der Waals surface area contributed by atoms with Gasteiger partial charge in [0.05, 0.1) is 6.61 Å². The number of methoxy groups -OCH3 is 1. The number of rotatable bonds is 7. The lowest BCUT2D eigenvalue weighted by atomic mass is 10.1. The van der Waals surface area contributed by atoms with E-state index < -0.39 is 0 Å². The summed E-state index contributed by atoms with van der Waals surface area (Å²) in [7, 11) is 7.87. The molecule has 1 aromatic rings. The SMILES string of the molecule is COCCN1CCC(CN(C)c2nccnc2N(C)C)C1. The maximum Gasteiger partial charge on any atom is 0.171 e. The molecule has 6 nitrogen and oxygen atoms in total. The smallest absolute Gasteiger partial charge is 0.171 e. The molecule has 0 N–H and O–H groups in total. The standard InChI is InChI=1S/C15H27N5O/c1-18(2)14-15(17-7-6-16-14)19(3)11-13-5-8-20(12-13)9-10-21-4/h6-7,13H,5,8-12H2,1-4H3. The van der Waals surface area contributed by atoms with Gasteiger partial charge in [0.2, 0.25) is 0 Å². The van der Waals surface area contributed by atoms with Crippen LogP contribution in [0.3, 0.4) is 0 Å². The number of hydrogen-bond donors (Lipinski definition) is 0. The zero-order valence-electron chi connectivity index (χ0n) is 13.6. The van der Waals surface area contributed by atoms with Crippen molar-refractivity contribution in [3.63, 3.8) is 0 Å². The van der Waals surface area contributed by atoms with Crippen LogP contribution in [0.4, 0.5) is 11.6 Å². The highest BCUT2D eigenvalue weighted by Crippen LogP contribution is 2.24. The van der Waals surface area contributed by atoms with Crippen LogP contribution in [-0.2, 0) is 4.74 Å². The van der Waals surface area contributed by atoms with Gasteiger partial charge in [0.25, 0.3) is 0 Å². The van der Waals surface area contributed by atoms with Crippen molar-refractivity contribution in [3.05, 3.63) is 12.4 Å². The second-order valence-corrected chi connectivity index (χ2v) is 5.93. The summed E-state index contributed by atoms with van der Waals surface area (Å²) in [6.45, 7) is 5.18. The van der Waals surface area contributed by atoms with Gasteiger partial charge in [0.15, 0.2) is 11.6 Å². The van der Waals surface area contributed by atoms with Crippen LogP contribution in [0.5, 0.6) is 0 Å². The average molecular weight is 293 g/mol. The van der Waals surface area contributed by atoms with Crippen LogP contribution >= 0.6 is 0 Å². The Balaban J connectivity index is 1.92. The fourth-order valence-corrected chi connectivity index (χ4v) is 2.87. The highest BCUT2D eigenvalue weighted by atomic mass is 16.5. The zero-order chi connectivity index (χ0) is 15.2. The first kappa shape index (κ1) is 16.0. The van der Waals surface area contributed by atoms with Gasteiger partial charge in [0, 0.05) is 60.3 Å². The molecule has 0 radical (unpaired) electrons. The number of likely N-dealkylation sites (tertiary alicyclic amines) is 1. The number of nitrogens with zero attached hydrogens (tertiary/aromatic N) is 5. The summed E-state index contributed by atoms with van der Waals surface area (Å²) in [4.78, 5) is 15.6. The lowest BCUT2D eigenvalue weighted by Crippen LogP contribution is -2.31. The molecule has 1 aliphatic heterocycles. The molecule has 0 bridgehead atoms. The maximum absolute atomic E-state index is 5.16. The van der Waals surface area contributed by atoms with Gasteiger partial charge >= 0.3 is 0 Å². The van der Waals surface area contributed by atoms with E-state index in [-0.39, 0.29) is 0 Å². The van der Waals surface area contributed by atoms with E-state index in [4.69, 9.17) is 4.74 Å². The van der Waals surface area contributed by atoms with Crippen LogP contribution in [0.2, 0.25) is 0 Å². The van der Waals surface area contributed by atoms with Crippen LogP contribution in [0.15, 0.2) is 12.4 Å². The molecule has 2 rings (SSSR count). The van der Waals surface area contributed by atoms with E-state index >= 15 is 0 Å². The predicted octanol–water partition coefficient (Wildman–Crippen LogP) is 0.947. The van der Waals surface area contributed by atoms with E-state index in [0.29, 0.717) is 5.92 Å². The minimum absolute atomic E-state index is 0.684. The van der Waals surface area contributed by atoms with E-state index in [1.807, 2.05) is 19.0 Å². The molecule has 21 heavy (non-hydrogen) atoms. The van der Waals surface area contributed by atoms with E-state index in [1.54, 1.807) is 19.5 Å². The topological polar surface area (TPSA) is 44.7 Å². The Morgan fingerprint density at radius 3 is 2.62 bits per heavy atom. The maximum atomic E-state index is 5.16. The van der Waals surface area contributed by atoms with Crippen LogP contribution in [-0.4, -0.2) is 75.9 Å². The van der Waals surface area contributed by atoms with E-state index in [2.05, 4.69) is 26.8 Å². The lowest BCUT2D eigenvalue weighted by molar-refractivity contribution is 0.159. The van der Waals surface area contributed by atoms with Crippen LogP contribution in [0, 0.1) is 5.92 Å². The highest BCUT2D eigenvalue weighted by Gasteiger charge is 2.24.